The van der Waals surface area contributed by atoms with Crippen LogP contribution in [0.25, 0.3) is 0 Å². The van der Waals surface area contributed by atoms with Gasteiger partial charge in [0.25, 0.3) is 5.91 Å². The van der Waals surface area contributed by atoms with E-state index in [1.54, 1.807) is 16.8 Å². The number of amides is 1. The smallest absolute Gasteiger partial charge is 0.408 e. The number of nitrogens with zero attached hydrogens (tertiary/aromatic N) is 3. The number of benzene rings is 2. The zero-order chi connectivity index (χ0) is 25.8. The van der Waals surface area contributed by atoms with Gasteiger partial charge in [-0.15, -0.1) is 11.8 Å². The summed E-state index contributed by atoms with van der Waals surface area (Å²) < 4.78 is 41.6. The number of carbonyl (C=O) groups excluding carboxylic acids is 1. The van der Waals surface area contributed by atoms with Gasteiger partial charge in [0.15, 0.2) is 11.5 Å². The van der Waals surface area contributed by atoms with E-state index in [9.17, 15) is 28.2 Å². The van der Waals surface area contributed by atoms with E-state index >= 15 is 0 Å². The molecule has 190 valence electrons. The monoisotopic (exact) mass is 517 g/mol. The molecule has 2 aromatic rings. The summed E-state index contributed by atoms with van der Waals surface area (Å²) in [5, 5.41) is 24.0. The first kappa shape index (κ1) is 24.7. The van der Waals surface area contributed by atoms with Crippen LogP contribution in [0.4, 0.5) is 13.2 Å². The number of hydrogen-bond donors (Lipinski definition) is 2. The Morgan fingerprint density at radius 2 is 1.92 bits per heavy atom. The molecule has 0 bridgehead atoms. The lowest BCUT2D eigenvalue weighted by atomic mass is 9.89. The van der Waals surface area contributed by atoms with Crippen molar-refractivity contribution in [2.75, 3.05) is 6.67 Å². The van der Waals surface area contributed by atoms with Gasteiger partial charge in [0.05, 0.1) is 12.7 Å². The minimum atomic E-state index is -4.67. The zero-order valence-electron chi connectivity index (χ0n) is 19.7. The van der Waals surface area contributed by atoms with E-state index in [-0.39, 0.29) is 12.4 Å². The van der Waals surface area contributed by atoms with Crippen molar-refractivity contribution < 1.29 is 28.2 Å². The maximum absolute atomic E-state index is 13.9. The van der Waals surface area contributed by atoms with Crippen LogP contribution in [0.1, 0.15) is 42.1 Å². The van der Waals surface area contributed by atoms with Gasteiger partial charge < -0.3 is 15.1 Å². The summed E-state index contributed by atoms with van der Waals surface area (Å²) in [5.74, 6) is -0.974. The fourth-order valence-corrected chi connectivity index (χ4v) is 6.11. The second-order valence-electron chi connectivity index (χ2n) is 9.01. The SMILES string of the molecule is CCc1cccc2c1[C@H](N1CN([C@H](C)C(F)(F)F)C(=O)C3=C(O)C(O)C=CN31)c1ccccc1SC2. The van der Waals surface area contributed by atoms with E-state index < -0.39 is 36.0 Å². The predicted molar refractivity (Wildman–Crippen MR) is 129 cm³/mol. The van der Waals surface area contributed by atoms with Crippen molar-refractivity contribution in [2.24, 2.45) is 0 Å². The van der Waals surface area contributed by atoms with Crippen LogP contribution in [0.5, 0.6) is 0 Å². The van der Waals surface area contributed by atoms with E-state index in [0.29, 0.717) is 17.1 Å². The fraction of sp³-hybridized carbons (Fsp3) is 0.346. The molecular weight excluding hydrogens is 491 g/mol. The third-order valence-corrected chi connectivity index (χ3v) is 8.11. The molecular formula is C26H26F3N3O3S. The Labute approximate surface area is 211 Å². The van der Waals surface area contributed by atoms with Gasteiger partial charge in [-0.05, 0) is 47.7 Å². The summed E-state index contributed by atoms with van der Waals surface area (Å²) in [7, 11) is 0. The Morgan fingerprint density at radius 3 is 2.64 bits per heavy atom. The number of aliphatic hydroxyl groups is 2. The third kappa shape index (κ3) is 3.97. The van der Waals surface area contributed by atoms with E-state index in [2.05, 4.69) is 0 Å². The Hall–Kier alpha value is -2.95. The number of aryl methyl sites for hydroxylation is 1. The molecule has 3 aliphatic heterocycles. The zero-order valence-corrected chi connectivity index (χ0v) is 20.6. The van der Waals surface area contributed by atoms with Crippen molar-refractivity contribution in [1.29, 1.82) is 0 Å². The number of thioether (sulfide) groups is 1. The van der Waals surface area contributed by atoms with Crippen molar-refractivity contribution in [3.8, 4) is 0 Å². The fourth-order valence-electron chi connectivity index (χ4n) is 5.02. The van der Waals surface area contributed by atoms with Crippen LogP contribution in [0.2, 0.25) is 0 Å². The molecule has 2 N–H and O–H groups in total. The van der Waals surface area contributed by atoms with Gasteiger partial charge in [-0.1, -0.05) is 43.3 Å². The Balaban J connectivity index is 1.75. The molecule has 1 saturated heterocycles. The first-order chi connectivity index (χ1) is 17.1. The molecule has 2 aromatic carbocycles. The molecule has 3 aliphatic rings. The van der Waals surface area contributed by atoms with Crippen molar-refractivity contribution in [3.05, 3.63) is 88.5 Å². The molecule has 6 nitrogen and oxygen atoms in total. The molecule has 3 atom stereocenters. The highest BCUT2D eigenvalue weighted by atomic mass is 32.2. The molecule has 5 rings (SSSR count). The summed E-state index contributed by atoms with van der Waals surface area (Å²) in [6.07, 6.45) is -2.69. The topological polar surface area (TPSA) is 67.2 Å². The molecule has 36 heavy (non-hydrogen) atoms. The maximum atomic E-state index is 13.9. The molecule has 0 saturated carbocycles. The van der Waals surface area contributed by atoms with Crippen LogP contribution in [0, 0.1) is 0 Å². The summed E-state index contributed by atoms with van der Waals surface area (Å²) in [6, 6.07) is 11.1. The lowest BCUT2D eigenvalue weighted by Gasteiger charge is -2.50. The van der Waals surface area contributed by atoms with Crippen molar-refractivity contribution in [3.63, 3.8) is 0 Å². The predicted octanol–water partition coefficient (Wildman–Crippen LogP) is 4.87. The maximum Gasteiger partial charge on any atom is 0.408 e. The van der Waals surface area contributed by atoms with Crippen LogP contribution >= 0.6 is 11.8 Å². The van der Waals surface area contributed by atoms with Gasteiger partial charge in [-0.2, -0.15) is 18.2 Å². The van der Waals surface area contributed by atoms with Gasteiger partial charge in [-0.25, -0.2) is 0 Å². The number of aliphatic hydroxyl groups excluding tert-OH is 2. The lowest BCUT2D eigenvalue weighted by Crippen LogP contribution is -2.62. The Bertz CT molecular complexity index is 1260. The number of hydrogen-bond acceptors (Lipinski definition) is 6. The summed E-state index contributed by atoms with van der Waals surface area (Å²) in [5.41, 5.74) is 3.61. The Kier molecular flexibility index (Phi) is 6.30. The Morgan fingerprint density at radius 1 is 1.17 bits per heavy atom. The van der Waals surface area contributed by atoms with Crippen LogP contribution in [0.15, 0.2) is 71.1 Å². The number of alkyl halides is 3. The average molecular weight is 518 g/mol. The molecule has 1 amide bonds. The highest BCUT2D eigenvalue weighted by molar-refractivity contribution is 7.98. The molecule has 0 spiro atoms. The standard InChI is InChI=1S/C26H26F3N3O3S/c1-3-16-7-6-8-17-13-36-20-10-5-4-9-18(20)22(21(16)17)32-14-30(15(2)26(27,28)29)25(35)23-24(34)19(33)11-12-31(23)32/h4-12,15,19,22,33-34H,3,13-14H2,1-2H3/t15-,19?,22-/m1/s1. The van der Waals surface area contributed by atoms with Crippen LogP contribution in [-0.2, 0) is 17.0 Å². The van der Waals surface area contributed by atoms with Gasteiger partial charge in [-0.3, -0.25) is 9.80 Å². The molecule has 10 heteroatoms. The van der Waals surface area contributed by atoms with Crippen molar-refractivity contribution in [2.45, 2.75) is 55.3 Å². The van der Waals surface area contributed by atoms with Crippen LogP contribution < -0.4 is 0 Å². The minimum absolute atomic E-state index is 0.363. The highest BCUT2D eigenvalue weighted by Gasteiger charge is 2.50. The van der Waals surface area contributed by atoms with E-state index in [1.807, 2.05) is 49.4 Å². The normalized spacial score (nSPS) is 23.2. The second kappa shape index (κ2) is 9.17. The van der Waals surface area contributed by atoms with E-state index in [4.69, 9.17) is 0 Å². The van der Waals surface area contributed by atoms with Gasteiger partial charge >= 0.3 is 6.18 Å². The molecule has 1 unspecified atom stereocenters. The van der Waals surface area contributed by atoms with Crippen LogP contribution in [0.3, 0.4) is 0 Å². The molecule has 1 fully saturated rings. The van der Waals surface area contributed by atoms with Gasteiger partial charge in [0.1, 0.15) is 12.1 Å². The number of fused-ring (bicyclic) bond motifs is 3. The number of carbonyl (C=O) groups is 1. The summed E-state index contributed by atoms with van der Waals surface area (Å²) in [6.45, 7) is 2.60. The van der Waals surface area contributed by atoms with Crippen molar-refractivity contribution >= 4 is 17.7 Å². The highest BCUT2D eigenvalue weighted by Crippen LogP contribution is 2.46. The largest absolute Gasteiger partial charge is 0.507 e. The average Bonchev–Trinajstić information content (AvgIpc) is 3.02. The first-order valence-corrected chi connectivity index (χ1v) is 12.7. The lowest BCUT2D eigenvalue weighted by molar-refractivity contribution is -0.204. The van der Waals surface area contributed by atoms with Crippen LogP contribution in [-0.4, -0.2) is 56.0 Å². The first-order valence-electron chi connectivity index (χ1n) is 11.7. The summed E-state index contributed by atoms with van der Waals surface area (Å²) in [4.78, 5) is 15.0. The molecule has 0 aliphatic carbocycles. The quantitative estimate of drug-likeness (QED) is 0.606. The van der Waals surface area contributed by atoms with Crippen molar-refractivity contribution in [1.82, 2.24) is 14.9 Å². The number of halogens is 3. The second-order valence-corrected chi connectivity index (χ2v) is 10.0. The van der Waals surface area contributed by atoms with E-state index in [1.165, 1.54) is 17.3 Å². The number of hydrazine groups is 1. The molecule has 3 heterocycles. The third-order valence-electron chi connectivity index (χ3n) is 6.98. The van der Waals surface area contributed by atoms with E-state index in [0.717, 1.165) is 34.1 Å². The molecule has 0 aromatic heterocycles. The van der Waals surface area contributed by atoms with Gasteiger partial charge in [0, 0.05) is 16.8 Å². The minimum Gasteiger partial charge on any atom is -0.507 e. The molecule has 0 radical (unpaired) electrons. The van der Waals surface area contributed by atoms with Gasteiger partial charge in [0.2, 0.25) is 0 Å². The number of rotatable bonds is 3. The summed E-state index contributed by atoms with van der Waals surface area (Å²) >= 11 is 1.66.